The van der Waals surface area contributed by atoms with Crippen molar-refractivity contribution in [2.45, 2.75) is 18.9 Å². The Bertz CT molecular complexity index is 898. The minimum atomic E-state index is -0.0139. The van der Waals surface area contributed by atoms with Crippen LogP contribution in [-0.4, -0.2) is 35.4 Å². The highest BCUT2D eigenvalue weighted by Crippen LogP contribution is 2.34. The predicted molar refractivity (Wildman–Crippen MR) is 99.6 cm³/mol. The highest BCUT2D eigenvalue weighted by atomic mass is 16.5. The van der Waals surface area contributed by atoms with Crippen LogP contribution in [-0.2, 0) is 6.54 Å². The van der Waals surface area contributed by atoms with E-state index in [4.69, 9.17) is 4.74 Å². The van der Waals surface area contributed by atoms with Crippen molar-refractivity contribution in [3.63, 3.8) is 0 Å². The van der Waals surface area contributed by atoms with Crippen LogP contribution in [0.5, 0.6) is 5.75 Å². The van der Waals surface area contributed by atoms with Gasteiger partial charge in [0.2, 0.25) is 0 Å². The first-order valence-electron chi connectivity index (χ1n) is 8.94. The number of nitrogens with zero attached hydrogens (tertiary/aromatic N) is 2. The fraction of sp³-hybridized carbons (Fsp3) is 0.333. The molecule has 0 N–H and O–H groups in total. The van der Waals surface area contributed by atoms with E-state index in [1.54, 1.807) is 43.5 Å². The molecule has 0 aliphatic carbocycles. The number of carbonyl (C=O) groups is 1. The van der Waals surface area contributed by atoms with E-state index in [1.807, 2.05) is 16.8 Å². The molecule has 5 nitrogen and oxygen atoms in total. The molecular weight excluding hydrogens is 328 g/mol. The molecule has 2 aliphatic heterocycles. The van der Waals surface area contributed by atoms with Gasteiger partial charge in [-0.25, -0.2) is 0 Å². The van der Waals surface area contributed by atoms with Crippen LogP contribution in [0.4, 0.5) is 0 Å². The van der Waals surface area contributed by atoms with Crippen molar-refractivity contribution in [1.82, 2.24) is 9.47 Å². The zero-order valence-electron chi connectivity index (χ0n) is 14.8. The van der Waals surface area contributed by atoms with Gasteiger partial charge in [0.05, 0.1) is 7.11 Å². The second kappa shape index (κ2) is 6.83. The standard InChI is InChI=1S/C21H22N2O3/c1-26-18-7-5-16(6-8-18)20(24)9-10-22-12-15-11-17(14-22)19-3-2-4-21(25)23(19)13-15/h2-10,15,17H,11-14H2,1H3/t15-,17?/m1/s1. The third-order valence-corrected chi connectivity index (χ3v) is 5.32. The van der Waals surface area contributed by atoms with Crippen molar-refractivity contribution < 1.29 is 9.53 Å². The van der Waals surface area contributed by atoms with Gasteiger partial charge in [-0.3, -0.25) is 9.59 Å². The largest absolute Gasteiger partial charge is 0.497 e. The monoisotopic (exact) mass is 350 g/mol. The lowest BCUT2D eigenvalue weighted by Crippen LogP contribution is -2.45. The van der Waals surface area contributed by atoms with Gasteiger partial charge in [0.15, 0.2) is 5.78 Å². The van der Waals surface area contributed by atoms with E-state index in [9.17, 15) is 9.59 Å². The van der Waals surface area contributed by atoms with E-state index in [2.05, 4.69) is 11.0 Å². The molecular formula is C21H22N2O3. The Morgan fingerprint density at radius 3 is 2.69 bits per heavy atom. The van der Waals surface area contributed by atoms with E-state index < -0.39 is 0 Å². The first-order valence-corrected chi connectivity index (χ1v) is 8.94. The quantitative estimate of drug-likeness (QED) is 0.628. The third kappa shape index (κ3) is 3.17. The molecule has 1 unspecified atom stereocenters. The molecule has 4 rings (SSSR count). The summed E-state index contributed by atoms with van der Waals surface area (Å²) in [6.45, 7) is 2.48. The summed E-state index contributed by atoms with van der Waals surface area (Å²) in [5.41, 5.74) is 1.86. The Hall–Kier alpha value is -2.82. The zero-order chi connectivity index (χ0) is 18.1. The smallest absolute Gasteiger partial charge is 0.250 e. The maximum Gasteiger partial charge on any atom is 0.250 e. The number of aromatic nitrogens is 1. The van der Waals surface area contributed by atoms with Crippen LogP contribution in [0.1, 0.15) is 28.4 Å². The SMILES string of the molecule is COc1ccc(C(=O)C=CN2CC3C[C@H](C2)Cn2c3cccc2=O)cc1. The molecule has 1 saturated heterocycles. The molecule has 2 bridgehead atoms. The molecule has 134 valence electrons. The number of carbonyl (C=O) groups excluding carboxylic acids is 1. The molecule has 0 spiro atoms. The lowest BCUT2D eigenvalue weighted by molar-refractivity contribution is 0.104. The third-order valence-electron chi connectivity index (χ3n) is 5.32. The van der Waals surface area contributed by atoms with E-state index in [1.165, 1.54) is 0 Å². The number of hydrogen-bond acceptors (Lipinski definition) is 4. The second-order valence-corrected chi connectivity index (χ2v) is 7.06. The molecule has 1 aromatic carbocycles. The molecule has 0 saturated carbocycles. The average Bonchev–Trinajstić information content (AvgIpc) is 2.67. The van der Waals surface area contributed by atoms with Gasteiger partial charge in [0.25, 0.3) is 5.56 Å². The van der Waals surface area contributed by atoms with Gasteiger partial charge in [0.1, 0.15) is 5.75 Å². The molecule has 2 aromatic rings. The number of fused-ring (bicyclic) bond motifs is 4. The van der Waals surface area contributed by atoms with Gasteiger partial charge in [0, 0.05) is 55.2 Å². The van der Waals surface area contributed by atoms with Gasteiger partial charge in [-0.2, -0.15) is 0 Å². The minimum Gasteiger partial charge on any atom is -0.497 e. The number of ether oxygens (including phenoxy) is 1. The maximum atomic E-state index is 12.4. The number of pyridine rings is 1. The van der Waals surface area contributed by atoms with Crippen molar-refractivity contribution in [2.24, 2.45) is 5.92 Å². The topological polar surface area (TPSA) is 51.5 Å². The molecule has 0 radical (unpaired) electrons. The number of rotatable bonds is 4. The first-order chi connectivity index (χ1) is 12.6. The van der Waals surface area contributed by atoms with E-state index >= 15 is 0 Å². The van der Waals surface area contributed by atoms with Crippen LogP contribution in [0.2, 0.25) is 0 Å². The maximum absolute atomic E-state index is 12.4. The van der Waals surface area contributed by atoms with Gasteiger partial charge in [-0.05, 0) is 42.7 Å². The highest BCUT2D eigenvalue weighted by molar-refractivity contribution is 6.04. The Kier molecular flexibility index (Phi) is 4.37. The fourth-order valence-electron chi connectivity index (χ4n) is 4.08. The first kappa shape index (κ1) is 16.6. The summed E-state index contributed by atoms with van der Waals surface area (Å²) < 4.78 is 7.04. The number of methoxy groups -OCH3 is 1. The average molecular weight is 350 g/mol. The van der Waals surface area contributed by atoms with Crippen LogP contribution in [0.25, 0.3) is 0 Å². The van der Waals surface area contributed by atoms with E-state index in [0.29, 0.717) is 17.4 Å². The van der Waals surface area contributed by atoms with Crippen LogP contribution in [0.15, 0.2) is 59.5 Å². The van der Waals surface area contributed by atoms with Crippen LogP contribution < -0.4 is 10.3 Å². The van der Waals surface area contributed by atoms with Gasteiger partial charge in [-0.15, -0.1) is 0 Å². The Morgan fingerprint density at radius 1 is 1.12 bits per heavy atom. The molecule has 26 heavy (non-hydrogen) atoms. The second-order valence-electron chi connectivity index (χ2n) is 7.06. The number of hydrogen-bond donors (Lipinski definition) is 0. The summed E-state index contributed by atoms with van der Waals surface area (Å²) in [4.78, 5) is 26.7. The van der Waals surface area contributed by atoms with Crippen LogP contribution in [0, 0.1) is 5.92 Å². The van der Waals surface area contributed by atoms with Crippen molar-refractivity contribution >= 4 is 5.78 Å². The lowest BCUT2D eigenvalue weighted by Gasteiger charge is -2.42. The van der Waals surface area contributed by atoms with Crippen molar-refractivity contribution in [1.29, 1.82) is 0 Å². The summed E-state index contributed by atoms with van der Waals surface area (Å²) in [5, 5.41) is 0. The van der Waals surface area contributed by atoms with Crippen LogP contribution in [0.3, 0.4) is 0 Å². The number of piperidine rings is 1. The van der Waals surface area contributed by atoms with Crippen molar-refractivity contribution in [3.05, 3.63) is 76.4 Å². The van der Waals surface area contributed by atoms with Gasteiger partial charge >= 0.3 is 0 Å². The number of allylic oxidation sites excluding steroid dienone is 1. The molecule has 2 aliphatic rings. The molecule has 0 amide bonds. The number of ketones is 1. The normalized spacial score (nSPS) is 21.5. The molecule has 3 heterocycles. The van der Waals surface area contributed by atoms with Crippen molar-refractivity contribution in [2.75, 3.05) is 20.2 Å². The Morgan fingerprint density at radius 2 is 1.92 bits per heavy atom. The number of likely N-dealkylation sites (tertiary alicyclic amines) is 1. The molecule has 5 heteroatoms. The Balaban J connectivity index is 1.47. The molecule has 1 fully saturated rings. The summed E-state index contributed by atoms with van der Waals surface area (Å²) in [7, 11) is 1.61. The minimum absolute atomic E-state index is 0.0139. The summed E-state index contributed by atoms with van der Waals surface area (Å²) in [5.74, 6) is 1.52. The summed E-state index contributed by atoms with van der Waals surface area (Å²) in [6, 6.07) is 12.7. The lowest BCUT2D eigenvalue weighted by atomic mass is 9.83. The molecule has 2 atom stereocenters. The van der Waals surface area contributed by atoms with E-state index in [0.717, 1.165) is 37.5 Å². The fourth-order valence-corrected chi connectivity index (χ4v) is 4.08. The predicted octanol–water partition coefficient (Wildman–Crippen LogP) is 2.67. The van der Waals surface area contributed by atoms with Gasteiger partial charge in [-0.1, -0.05) is 6.07 Å². The van der Waals surface area contributed by atoms with Crippen LogP contribution >= 0.6 is 0 Å². The summed E-state index contributed by atoms with van der Waals surface area (Å²) in [6.07, 6.45) is 4.66. The Labute approximate surface area is 152 Å². The highest BCUT2D eigenvalue weighted by Gasteiger charge is 2.33. The van der Waals surface area contributed by atoms with E-state index in [-0.39, 0.29) is 11.3 Å². The number of benzene rings is 1. The summed E-state index contributed by atoms with van der Waals surface area (Å²) >= 11 is 0. The van der Waals surface area contributed by atoms with Gasteiger partial charge < -0.3 is 14.2 Å². The van der Waals surface area contributed by atoms with Crippen molar-refractivity contribution in [3.8, 4) is 5.75 Å². The zero-order valence-corrected chi connectivity index (χ0v) is 14.8. The molecule has 1 aromatic heterocycles.